The summed E-state index contributed by atoms with van der Waals surface area (Å²) in [6, 6.07) is 9.82. The van der Waals surface area contributed by atoms with Crippen molar-refractivity contribution < 1.29 is 4.79 Å². The topological polar surface area (TPSA) is 56.1 Å². The first-order chi connectivity index (χ1) is 9.94. The molecule has 4 nitrogen and oxygen atoms in total. The summed E-state index contributed by atoms with van der Waals surface area (Å²) < 4.78 is 0. The minimum atomic E-state index is -0.734. The Kier molecular flexibility index (Phi) is 4.87. The molecule has 1 aliphatic carbocycles. The molecule has 1 aliphatic rings. The van der Waals surface area contributed by atoms with Crippen LogP contribution in [0, 0.1) is 17.2 Å². The molecule has 1 atom stereocenters. The van der Waals surface area contributed by atoms with Crippen LogP contribution in [0.3, 0.4) is 0 Å². The fourth-order valence-corrected chi connectivity index (χ4v) is 2.63. The average molecular weight is 306 g/mol. The molecule has 0 saturated heterocycles. The Balaban J connectivity index is 1.88. The van der Waals surface area contributed by atoms with Gasteiger partial charge in [-0.15, -0.1) is 0 Å². The third kappa shape index (κ3) is 4.20. The maximum absolute atomic E-state index is 12.1. The molecule has 1 fully saturated rings. The number of rotatable bonds is 6. The van der Waals surface area contributed by atoms with Crippen molar-refractivity contribution in [2.24, 2.45) is 5.92 Å². The number of amides is 1. The largest absolute Gasteiger partial charge is 0.337 e. The van der Waals surface area contributed by atoms with Crippen LogP contribution in [0.4, 0.5) is 0 Å². The molecule has 1 aromatic rings. The van der Waals surface area contributed by atoms with Gasteiger partial charge in [-0.05, 0) is 44.4 Å². The molecule has 0 radical (unpaired) electrons. The van der Waals surface area contributed by atoms with E-state index >= 15 is 0 Å². The lowest BCUT2D eigenvalue weighted by Gasteiger charge is -2.25. The van der Waals surface area contributed by atoms with E-state index in [0.29, 0.717) is 17.5 Å². The van der Waals surface area contributed by atoms with Gasteiger partial charge in [0, 0.05) is 11.6 Å². The van der Waals surface area contributed by atoms with Crippen LogP contribution in [0.5, 0.6) is 0 Å². The Bertz CT molecular complexity index is 565. The maximum Gasteiger partial charge on any atom is 0.235 e. The lowest BCUT2D eigenvalue weighted by atomic mass is 9.98. The summed E-state index contributed by atoms with van der Waals surface area (Å²) in [5.74, 6) is 0.167. The highest BCUT2D eigenvalue weighted by Gasteiger charge is 2.42. The van der Waals surface area contributed by atoms with Crippen LogP contribution < -0.4 is 5.32 Å². The van der Waals surface area contributed by atoms with Crippen LogP contribution in [0.25, 0.3) is 0 Å². The van der Waals surface area contributed by atoms with Crippen molar-refractivity contribution in [3.8, 4) is 6.07 Å². The second-order valence-electron chi connectivity index (χ2n) is 5.90. The van der Waals surface area contributed by atoms with Gasteiger partial charge in [0.1, 0.15) is 5.54 Å². The average Bonchev–Trinajstić information content (AvgIpc) is 3.25. The summed E-state index contributed by atoms with van der Waals surface area (Å²) >= 11 is 6.11. The lowest BCUT2D eigenvalue weighted by Crippen LogP contribution is -2.49. The van der Waals surface area contributed by atoms with E-state index in [1.807, 2.05) is 36.2 Å². The molecular formula is C16H20ClN3O. The van der Waals surface area contributed by atoms with Gasteiger partial charge in [-0.3, -0.25) is 9.69 Å². The van der Waals surface area contributed by atoms with Gasteiger partial charge in [0.05, 0.1) is 12.6 Å². The van der Waals surface area contributed by atoms with Gasteiger partial charge in [-0.1, -0.05) is 29.8 Å². The van der Waals surface area contributed by atoms with Crippen molar-refractivity contribution in [2.75, 3.05) is 13.6 Å². The highest BCUT2D eigenvalue weighted by atomic mass is 35.5. The van der Waals surface area contributed by atoms with Crippen LogP contribution in [0.15, 0.2) is 24.3 Å². The molecule has 0 aliphatic heterocycles. The van der Waals surface area contributed by atoms with Gasteiger partial charge in [-0.2, -0.15) is 5.26 Å². The Morgan fingerprint density at radius 2 is 2.19 bits per heavy atom. The second-order valence-corrected chi connectivity index (χ2v) is 6.31. The Morgan fingerprint density at radius 1 is 1.52 bits per heavy atom. The van der Waals surface area contributed by atoms with Crippen LogP contribution in [0.1, 0.15) is 25.3 Å². The summed E-state index contributed by atoms with van der Waals surface area (Å²) in [7, 11) is 1.86. The Morgan fingerprint density at radius 3 is 2.76 bits per heavy atom. The molecule has 112 valence electrons. The van der Waals surface area contributed by atoms with E-state index < -0.39 is 5.54 Å². The van der Waals surface area contributed by atoms with Crippen molar-refractivity contribution in [1.82, 2.24) is 10.2 Å². The first-order valence-electron chi connectivity index (χ1n) is 7.09. The first kappa shape index (κ1) is 15.8. The second kappa shape index (κ2) is 6.46. The molecule has 21 heavy (non-hydrogen) atoms. The van der Waals surface area contributed by atoms with Crippen molar-refractivity contribution in [2.45, 2.75) is 31.8 Å². The monoisotopic (exact) mass is 305 g/mol. The van der Waals surface area contributed by atoms with Crippen LogP contribution in [-0.2, 0) is 11.3 Å². The molecule has 0 unspecified atom stereocenters. The third-order valence-corrected chi connectivity index (χ3v) is 4.21. The zero-order chi connectivity index (χ0) is 15.5. The quantitative estimate of drug-likeness (QED) is 0.879. The van der Waals surface area contributed by atoms with Crippen molar-refractivity contribution in [3.05, 3.63) is 34.9 Å². The van der Waals surface area contributed by atoms with Gasteiger partial charge in [0.15, 0.2) is 0 Å². The fourth-order valence-electron chi connectivity index (χ4n) is 2.43. The molecule has 5 heteroatoms. The maximum atomic E-state index is 12.1. The van der Waals surface area contributed by atoms with Crippen LogP contribution in [0.2, 0.25) is 5.02 Å². The summed E-state index contributed by atoms with van der Waals surface area (Å²) in [6.45, 7) is 2.64. The highest BCUT2D eigenvalue weighted by molar-refractivity contribution is 6.31. The first-order valence-corrected chi connectivity index (χ1v) is 7.46. The smallest absolute Gasteiger partial charge is 0.235 e. The molecule has 0 aromatic heterocycles. The third-order valence-electron chi connectivity index (χ3n) is 3.84. The number of nitriles is 1. The number of nitrogens with zero attached hydrogens (tertiary/aromatic N) is 2. The van der Waals surface area contributed by atoms with Crippen molar-refractivity contribution in [3.63, 3.8) is 0 Å². The van der Waals surface area contributed by atoms with Crippen molar-refractivity contribution >= 4 is 17.5 Å². The number of likely N-dealkylation sites (N-methyl/N-ethyl adjacent to an activating group) is 1. The molecule has 1 amide bonds. The molecule has 2 rings (SSSR count). The van der Waals surface area contributed by atoms with Crippen LogP contribution in [-0.4, -0.2) is 29.9 Å². The van der Waals surface area contributed by atoms with Crippen molar-refractivity contribution in [1.29, 1.82) is 5.26 Å². The van der Waals surface area contributed by atoms with Gasteiger partial charge >= 0.3 is 0 Å². The van der Waals surface area contributed by atoms with E-state index in [4.69, 9.17) is 11.6 Å². The van der Waals surface area contributed by atoms with Gasteiger partial charge in [0.2, 0.25) is 5.91 Å². The minimum Gasteiger partial charge on any atom is -0.337 e. The minimum absolute atomic E-state index is 0.125. The normalized spacial score (nSPS) is 17.1. The molecule has 0 heterocycles. The SMILES string of the molecule is CN(CC(=O)N[C@](C)(C#N)C1CC1)Cc1ccccc1Cl. The lowest BCUT2D eigenvalue weighted by molar-refractivity contribution is -0.123. The number of halogens is 1. The standard InChI is InChI=1S/C16H20ClN3O/c1-16(11-18,13-7-8-13)19-15(21)10-20(2)9-12-5-3-4-6-14(12)17/h3-6,13H,7-10H2,1-2H3,(H,19,21)/t16-/m1/s1. The molecule has 0 bridgehead atoms. The number of hydrogen-bond donors (Lipinski definition) is 1. The Hall–Kier alpha value is -1.57. The fraction of sp³-hybridized carbons (Fsp3) is 0.500. The van der Waals surface area contributed by atoms with E-state index in [1.165, 1.54) is 0 Å². The number of hydrogen-bond acceptors (Lipinski definition) is 3. The van der Waals surface area contributed by atoms with Crippen LogP contribution >= 0.6 is 11.6 Å². The molecule has 1 aromatic carbocycles. The predicted octanol–water partition coefficient (Wildman–Crippen LogP) is 2.58. The van der Waals surface area contributed by atoms with E-state index in [9.17, 15) is 10.1 Å². The summed E-state index contributed by atoms with van der Waals surface area (Å²) in [5.41, 5.74) is 0.252. The van der Waals surface area contributed by atoms with E-state index in [0.717, 1.165) is 18.4 Å². The number of carbonyl (C=O) groups excluding carboxylic acids is 1. The number of carbonyl (C=O) groups is 1. The Labute approximate surface area is 130 Å². The van der Waals surface area contributed by atoms with E-state index in [1.54, 1.807) is 6.92 Å². The number of nitrogens with one attached hydrogen (secondary N) is 1. The number of benzene rings is 1. The zero-order valence-electron chi connectivity index (χ0n) is 12.4. The molecule has 1 N–H and O–H groups in total. The van der Waals surface area contributed by atoms with E-state index in [2.05, 4.69) is 11.4 Å². The summed E-state index contributed by atoms with van der Waals surface area (Å²) in [6.07, 6.45) is 2.03. The van der Waals surface area contributed by atoms with Gasteiger partial charge in [0.25, 0.3) is 0 Å². The summed E-state index contributed by atoms with van der Waals surface area (Å²) in [4.78, 5) is 14.0. The zero-order valence-corrected chi connectivity index (χ0v) is 13.2. The van der Waals surface area contributed by atoms with Gasteiger partial charge in [-0.25, -0.2) is 0 Å². The highest BCUT2D eigenvalue weighted by Crippen LogP contribution is 2.39. The van der Waals surface area contributed by atoms with Gasteiger partial charge < -0.3 is 5.32 Å². The summed E-state index contributed by atoms with van der Waals surface area (Å²) in [5, 5.41) is 12.8. The predicted molar refractivity (Wildman–Crippen MR) is 82.7 cm³/mol. The molecule has 0 spiro atoms. The van der Waals surface area contributed by atoms with E-state index in [-0.39, 0.29) is 12.5 Å². The molecule has 1 saturated carbocycles. The molecular weight excluding hydrogens is 286 g/mol.